The molecule has 0 spiro atoms. The third-order valence-corrected chi connectivity index (χ3v) is 3.64. The normalized spacial score (nSPS) is 14.0. The average Bonchev–Trinajstić information content (AvgIpc) is 2.29. The highest BCUT2D eigenvalue weighted by Crippen LogP contribution is 2.36. The van der Waals surface area contributed by atoms with Crippen molar-refractivity contribution in [2.24, 2.45) is 5.73 Å². The van der Waals surface area contributed by atoms with Crippen molar-refractivity contribution in [3.05, 3.63) is 23.8 Å². The minimum Gasteiger partial charge on any atom is -0.492 e. The molecule has 16 heavy (non-hydrogen) atoms. The van der Waals surface area contributed by atoms with Crippen molar-refractivity contribution in [3.8, 4) is 5.75 Å². The summed E-state index contributed by atoms with van der Waals surface area (Å²) in [6.07, 6.45) is 2.16. The van der Waals surface area contributed by atoms with Crippen LogP contribution in [0, 0.1) is 0 Å². The second-order valence-corrected chi connectivity index (χ2v) is 4.87. The molecule has 3 nitrogen and oxygen atoms in total. The van der Waals surface area contributed by atoms with E-state index in [9.17, 15) is 4.79 Å². The summed E-state index contributed by atoms with van der Waals surface area (Å²) in [4.78, 5) is 11.9. The first-order valence-corrected chi connectivity index (χ1v) is 6.42. The molecule has 1 aromatic carbocycles. The van der Waals surface area contributed by atoms with Crippen LogP contribution in [-0.4, -0.2) is 18.3 Å². The zero-order chi connectivity index (χ0) is 11.4. The summed E-state index contributed by atoms with van der Waals surface area (Å²) >= 11 is 1.83. The number of primary amides is 1. The second-order valence-electron chi connectivity index (χ2n) is 3.76. The summed E-state index contributed by atoms with van der Waals surface area (Å²) in [5.74, 6) is 1.75. The predicted octanol–water partition coefficient (Wildman–Crippen LogP) is 1.98. The number of hydrogen-bond donors (Lipinski definition) is 1. The molecule has 0 aliphatic carbocycles. The molecule has 1 heterocycles. The lowest BCUT2D eigenvalue weighted by Crippen LogP contribution is -2.11. The highest BCUT2D eigenvalue weighted by molar-refractivity contribution is 7.99. The molecule has 2 N–H and O–H groups in total. The summed E-state index contributed by atoms with van der Waals surface area (Å²) in [5.41, 5.74) is 6.39. The Bertz CT molecular complexity index is 393. The lowest BCUT2D eigenvalue weighted by atomic mass is 10.1. The van der Waals surface area contributed by atoms with Gasteiger partial charge in [-0.2, -0.15) is 0 Å². The molecule has 0 fully saturated rings. The summed E-state index contributed by atoms with van der Waals surface area (Å²) in [6.45, 7) is 0.780. The Kier molecular flexibility index (Phi) is 3.72. The molecule has 1 aromatic rings. The maximum absolute atomic E-state index is 10.7. The van der Waals surface area contributed by atoms with Crippen LogP contribution in [0.15, 0.2) is 23.1 Å². The molecule has 1 aliphatic rings. The first-order valence-electron chi connectivity index (χ1n) is 5.43. The van der Waals surface area contributed by atoms with Gasteiger partial charge >= 0.3 is 0 Å². The van der Waals surface area contributed by atoms with E-state index in [1.54, 1.807) is 0 Å². The minimum atomic E-state index is -0.228. The van der Waals surface area contributed by atoms with E-state index in [0.29, 0.717) is 6.42 Å². The first-order chi connectivity index (χ1) is 7.77. The largest absolute Gasteiger partial charge is 0.492 e. The van der Waals surface area contributed by atoms with Crippen molar-refractivity contribution < 1.29 is 9.53 Å². The minimum absolute atomic E-state index is 0.228. The molecule has 86 valence electrons. The predicted molar refractivity (Wildman–Crippen MR) is 64.8 cm³/mol. The van der Waals surface area contributed by atoms with E-state index in [-0.39, 0.29) is 5.91 Å². The Balaban J connectivity index is 2.05. The number of carbonyl (C=O) groups excluding carboxylic acids is 1. The number of ether oxygens (including phenoxy) is 1. The number of fused-ring (bicyclic) bond motifs is 1. The Morgan fingerprint density at radius 2 is 2.38 bits per heavy atom. The molecule has 0 aromatic heterocycles. The van der Waals surface area contributed by atoms with Crippen LogP contribution in [-0.2, 0) is 11.2 Å². The van der Waals surface area contributed by atoms with E-state index in [4.69, 9.17) is 10.5 Å². The number of nitrogens with two attached hydrogens (primary N) is 1. The monoisotopic (exact) mass is 237 g/mol. The number of rotatable bonds is 4. The van der Waals surface area contributed by atoms with Crippen molar-refractivity contribution in [1.29, 1.82) is 0 Å². The van der Waals surface area contributed by atoms with Crippen LogP contribution in [0.2, 0.25) is 0 Å². The van der Waals surface area contributed by atoms with E-state index in [1.165, 1.54) is 10.5 Å². The number of amides is 1. The molecular weight excluding hydrogens is 222 g/mol. The van der Waals surface area contributed by atoms with Gasteiger partial charge in [0.25, 0.3) is 0 Å². The Hall–Kier alpha value is -1.16. The van der Waals surface area contributed by atoms with Gasteiger partial charge in [-0.3, -0.25) is 4.79 Å². The van der Waals surface area contributed by atoms with Gasteiger partial charge in [0, 0.05) is 12.2 Å². The molecule has 2 rings (SSSR count). The summed E-state index contributed by atoms with van der Waals surface area (Å²) in [7, 11) is 0. The zero-order valence-electron chi connectivity index (χ0n) is 9.07. The van der Waals surface area contributed by atoms with E-state index < -0.39 is 0 Å². The Labute approximate surface area is 99.4 Å². The fraction of sp³-hybridized carbons (Fsp3) is 0.417. The lowest BCUT2D eigenvalue weighted by molar-refractivity contribution is -0.118. The van der Waals surface area contributed by atoms with Gasteiger partial charge in [0.2, 0.25) is 5.91 Å². The van der Waals surface area contributed by atoms with Crippen molar-refractivity contribution in [2.45, 2.75) is 24.2 Å². The van der Waals surface area contributed by atoms with Gasteiger partial charge in [-0.15, -0.1) is 11.8 Å². The molecule has 4 heteroatoms. The third kappa shape index (κ3) is 2.70. The number of hydrogen-bond acceptors (Lipinski definition) is 3. The smallest absolute Gasteiger partial charge is 0.217 e. The maximum atomic E-state index is 10.7. The van der Waals surface area contributed by atoms with Gasteiger partial charge < -0.3 is 10.5 Å². The van der Waals surface area contributed by atoms with Crippen LogP contribution >= 0.6 is 11.8 Å². The SMILES string of the molecule is NC(=O)CCCc1cccc2c1SCCO2. The van der Waals surface area contributed by atoms with Gasteiger partial charge in [-0.25, -0.2) is 0 Å². The molecule has 1 aliphatic heterocycles. The molecule has 0 atom stereocenters. The van der Waals surface area contributed by atoms with Crippen molar-refractivity contribution in [3.63, 3.8) is 0 Å². The highest BCUT2D eigenvalue weighted by Gasteiger charge is 2.14. The quantitative estimate of drug-likeness (QED) is 0.871. The molecule has 0 radical (unpaired) electrons. The Morgan fingerprint density at radius 3 is 3.19 bits per heavy atom. The highest BCUT2D eigenvalue weighted by atomic mass is 32.2. The third-order valence-electron chi connectivity index (χ3n) is 2.52. The number of thioether (sulfide) groups is 1. The van der Waals surface area contributed by atoms with Gasteiger partial charge in [-0.05, 0) is 24.5 Å². The van der Waals surface area contributed by atoms with Crippen molar-refractivity contribution in [1.82, 2.24) is 0 Å². The number of aryl methyl sites for hydroxylation is 1. The fourth-order valence-corrected chi connectivity index (χ4v) is 2.78. The molecule has 0 unspecified atom stereocenters. The van der Waals surface area contributed by atoms with Crippen LogP contribution < -0.4 is 10.5 Å². The van der Waals surface area contributed by atoms with Crippen LogP contribution in [0.3, 0.4) is 0 Å². The second kappa shape index (κ2) is 5.25. The van der Waals surface area contributed by atoms with Crippen molar-refractivity contribution in [2.75, 3.05) is 12.4 Å². The van der Waals surface area contributed by atoms with Crippen LogP contribution in [0.25, 0.3) is 0 Å². The van der Waals surface area contributed by atoms with E-state index in [2.05, 4.69) is 6.07 Å². The maximum Gasteiger partial charge on any atom is 0.217 e. The van der Waals surface area contributed by atoms with E-state index in [1.807, 2.05) is 23.9 Å². The van der Waals surface area contributed by atoms with Gasteiger partial charge in [-0.1, -0.05) is 12.1 Å². The Morgan fingerprint density at radius 1 is 1.50 bits per heavy atom. The zero-order valence-corrected chi connectivity index (χ0v) is 9.89. The van der Waals surface area contributed by atoms with Gasteiger partial charge in [0.1, 0.15) is 5.75 Å². The number of benzene rings is 1. The summed E-state index contributed by atoms with van der Waals surface area (Å²) in [5, 5.41) is 0. The molecule has 1 amide bonds. The number of carbonyl (C=O) groups is 1. The van der Waals surface area contributed by atoms with E-state index >= 15 is 0 Å². The summed E-state index contributed by atoms with van der Waals surface area (Å²) < 4.78 is 5.58. The van der Waals surface area contributed by atoms with Crippen LogP contribution in [0.4, 0.5) is 0 Å². The topological polar surface area (TPSA) is 52.3 Å². The average molecular weight is 237 g/mol. The molecule has 0 saturated carbocycles. The first kappa shape index (κ1) is 11.3. The van der Waals surface area contributed by atoms with Crippen LogP contribution in [0.1, 0.15) is 18.4 Å². The standard InChI is InChI=1S/C12H15NO2S/c13-11(14)6-2-4-9-3-1-5-10-12(9)16-8-7-15-10/h1,3,5H,2,4,6-8H2,(H2,13,14). The van der Waals surface area contributed by atoms with E-state index in [0.717, 1.165) is 31.0 Å². The lowest BCUT2D eigenvalue weighted by Gasteiger charge is -2.19. The van der Waals surface area contributed by atoms with Gasteiger partial charge in [0.15, 0.2) is 0 Å². The van der Waals surface area contributed by atoms with Crippen LogP contribution in [0.5, 0.6) is 5.75 Å². The van der Waals surface area contributed by atoms with Crippen molar-refractivity contribution >= 4 is 17.7 Å². The summed E-state index contributed by atoms with van der Waals surface area (Å²) in [6, 6.07) is 6.10. The molecule has 0 saturated heterocycles. The van der Waals surface area contributed by atoms with Gasteiger partial charge in [0.05, 0.1) is 11.5 Å². The molecule has 0 bridgehead atoms. The molecular formula is C12H15NO2S. The fourth-order valence-electron chi connectivity index (χ4n) is 1.78.